The van der Waals surface area contributed by atoms with Crippen LogP contribution >= 0.6 is 0 Å². The number of carbonyl (C=O) groups is 1. The maximum absolute atomic E-state index is 11.5. The van der Waals surface area contributed by atoms with Gasteiger partial charge in [-0.3, -0.25) is 4.79 Å². The third kappa shape index (κ3) is 3.56. The third-order valence-corrected chi connectivity index (χ3v) is 5.09. The Bertz CT molecular complexity index is 697. The van der Waals surface area contributed by atoms with Crippen molar-refractivity contribution in [3.05, 3.63) is 48.0 Å². The SMILES string of the molecule is CC(=O)N1CC[C@H](N[C@H](C)c2ccc3ccccc3c2)[C@@H](C)C1. The van der Waals surface area contributed by atoms with E-state index in [1.54, 1.807) is 6.92 Å². The number of nitrogens with zero attached hydrogens (tertiary/aromatic N) is 1. The number of hydrogen-bond acceptors (Lipinski definition) is 2. The molecule has 23 heavy (non-hydrogen) atoms. The number of benzene rings is 2. The van der Waals surface area contributed by atoms with E-state index in [0.29, 0.717) is 18.0 Å². The number of hydrogen-bond donors (Lipinski definition) is 1. The molecule has 0 spiro atoms. The quantitative estimate of drug-likeness (QED) is 0.936. The van der Waals surface area contributed by atoms with E-state index < -0.39 is 0 Å². The summed E-state index contributed by atoms with van der Waals surface area (Å²) in [7, 11) is 0. The van der Waals surface area contributed by atoms with Gasteiger partial charge in [-0.1, -0.05) is 43.3 Å². The van der Waals surface area contributed by atoms with Gasteiger partial charge in [-0.25, -0.2) is 0 Å². The first kappa shape index (κ1) is 16.0. The highest BCUT2D eigenvalue weighted by Crippen LogP contribution is 2.24. The molecule has 0 bridgehead atoms. The minimum Gasteiger partial charge on any atom is -0.343 e. The lowest BCUT2D eigenvalue weighted by Gasteiger charge is -2.38. The molecular formula is C20H26N2O. The Hall–Kier alpha value is -1.87. The van der Waals surface area contributed by atoms with Crippen LogP contribution in [-0.2, 0) is 4.79 Å². The lowest BCUT2D eigenvalue weighted by molar-refractivity contribution is -0.130. The zero-order chi connectivity index (χ0) is 16.4. The number of fused-ring (bicyclic) bond motifs is 1. The highest BCUT2D eigenvalue weighted by atomic mass is 16.2. The maximum atomic E-state index is 11.5. The van der Waals surface area contributed by atoms with Gasteiger partial charge in [-0.05, 0) is 41.7 Å². The van der Waals surface area contributed by atoms with E-state index in [0.717, 1.165) is 19.5 Å². The Morgan fingerprint density at radius 1 is 1.22 bits per heavy atom. The van der Waals surface area contributed by atoms with E-state index in [4.69, 9.17) is 0 Å². The number of carbonyl (C=O) groups excluding carboxylic acids is 1. The van der Waals surface area contributed by atoms with Gasteiger partial charge in [0.25, 0.3) is 0 Å². The predicted octanol–water partition coefficient (Wildman–Crippen LogP) is 3.75. The van der Waals surface area contributed by atoms with E-state index in [1.165, 1.54) is 16.3 Å². The van der Waals surface area contributed by atoms with Gasteiger partial charge in [0.15, 0.2) is 0 Å². The highest BCUT2D eigenvalue weighted by Gasteiger charge is 2.28. The predicted molar refractivity (Wildman–Crippen MR) is 95.3 cm³/mol. The van der Waals surface area contributed by atoms with Crippen LogP contribution in [0.1, 0.15) is 38.8 Å². The van der Waals surface area contributed by atoms with Crippen LogP contribution in [-0.4, -0.2) is 29.9 Å². The third-order valence-electron chi connectivity index (χ3n) is 5.09. The maximum Gasteiger partial charge on any atom is 0.219 e. The second kappa shape index (κ2) is 6.71. The van der Waals surface area contributed by atoms with Crippen LogP contribution in [0.3, 0.4) is 0 Å². The van der Waals surface area contributed by atoms with Gasteiger partial charge < -0.3 is 10.2 Å². The molecule has 3 rings (SSSR count). The van der Waals surface area contributed by atoms with Crippen LogP contribution in [0.2, 0.25) is 0 Å². The lowest BCUT2D eigenvalue weighted by atomic mass is 9.92. The summed E-state index contributed by atoms with van der Waals surface area (Å²) >= 11 is 0. The summed E-state index contributed by atoms with van der Waals surface area (Å²) in [6.45, 7) is 7.85. The monoisotopic (exact) mass is 310 g/mol. The molecule has 1 saturated heterocycles. The van der Waals surface area contributed by atoms with E-state index >= 15 is 0 Å². The molecule has 1 N–H and O–H groups in total. The molecule has 0 aromatic heterocycles. The first-order valence-electron chi connectivity index (χ1n) is 8.55. The standard InChI is InChI=1S/C20H26N2O/c1-14-13-22(16(3)23)11-10-20(14)21-15(2)18-9-8-17-6-4-5-7-19(17)12-18/h4-9,12,14-15,20-21H,10-11,13H2,1-3H3/t14-,15+,20-/m0/s1. The number of piperidine rings is 1. The van der Waals surface area contributed by atoms with Gasteiger partial charge in [0, 0.05) is 32.1 Å². The first-order chi connectivity index (χ1) is 11.0. The highest BCUT2D eigenvalue weighted by molar-refractivity contribution is 5.83. The van der Waals surface area contributed by atoms with Gasteiger partial charge in [-0.15, -0.1) is 0 Å². The van der Waals surface area contributed by atoms with E-state index in [9.17, 15) is 4.79 Å². The van der Waals surface area contributed by atoms with Crippen LogP contribution in [0.4, 0.5) is 0 Å². The smallest absolute Gasteiger partial charge is 0.219 e. The van der Waals surface area contributed by atoms with Crippen LogP contribution in [0.25, 0.3) is 10.8 Å². The van der Waals surface area contributed by atoms with Gasteiger partial charge in [0.2, 0.25) is 5.91 Å². The van der Waals surface area contributed by atoms with Crippen molar-refractivity contribution in [2.75, 3.05) is 13.1 Å². The van der Waals surface area contributed by atoms with Crippen molar-refractivity contribution in [2.24, 2.45) is 5.92 Å². The van der Waals surface area contributed by atoms with Crippen molar-refractivity contribution in [2.45, 2.75) is 39.3 Å². The molecule has 3 heteroatoms. The molecule has 1 amide bonds. The minimum atomic E-state index is 0.192. The Morgan fingerprint density at radius 3 is 2.65 bits per heavy atom. The van der Waals surface area contributed by atoms with Crippen molar-refractivity contribution >= 4 is 16.7 Å². The summed E-state index contributed by atoms with van der Waals surface area (Å²) < 4.78 is 0. The van der Waals surface area contributed by atoms with E-state index in [-0.39, 0.29) is 5.91 Å². The fraction of sp³-hybridized carbons (Fsp3) is 0.450. The number of likely N-dealkylation sites (tertiary alicyclic amines) is 1. The fourth-order valence-electron chi connectivity index (χ4n) is 3.57. The Labute approximate surface area is 138 Å². The minimum absolute atomic E-state index is 0.192. The van der Waals surface area contributed by atoms with Gasteiger partial charge in [-0.2, -0.15) is 0 Å². The normalized spacial score (nSPS) is 23.0. The Morgan fingerprint density at radius 2 is 1.96 bits per heavy atom. The van der Waals surface area contributed by atoms with E-state index in [1.807, 2.05) is 4.90 Å². The summed E-state index contributed by atoms with van der Waals surface area (Å²) in [5.74, 6) is 0.674. The Kier molecular flexibility index (Phi) is 4.67. The molecule has 122 valence electrons. The molecule has 1 heterocycles. The first-order valence-corrected chi connectivity index (χ1v) is 8.55. The molecule has 0 aliphatic carbocycles. The second-order valence-electron chi connectivity index (χ2n) is 6.83. The van der Waals surface area contributed by atoms with E-state index in [2.05, 4.69) is 61.6 Å². The van der Waals surface area contributed by atoms with Crippen molar-refractivity contribution < 1.29 is 4.79 Å². The summed E-state index contributed by atoms with van der Waals surface area (Å²) in [5.41, 5.74) is 1.32. The molecule has 0 radical (unpaired) electrons. The molecule has 0 unspecified atom stereocenters. The molecule has 1 aliphatic heterocycles. The molecule has 1 aliphatic rings. The summed E-state index contributed by atoms with van der Waals surface area (Å²) in [4.78, 5) is 13.5. The van der Waals surface area contributed by atoms with Crippen molar-refractivity contribution in [1.82, 2.24) is 10.2 Å². The molecule has 2 aromatic carbocycles. The number of amides is 1. The average molecular weight is 310 g/mol. The van der Waals surface area contributed by atoms with Crippen LogP contribution < -0.4 is 5.32 Å². The van der Waals surface area contributed by atoms with Gasteiger partial charge in [0.05, 0.1) is 0 Å². The zero-order valence-corrected chi connectivity index (χ0v) is 14.3. The summed E-state index contributed by atoms with van der Waals surface area (Å²) in [6, 6.07) is 16.0. The number of nitrogens with one attached hydrogen (secondary N) is 1. The van der Waals surface area contributed by atoms with Crippen molar-refractivity contribution in [3.8, 4) is 0 Å². The summed E-state index contributed by atoms with van der Waals surface area (Å²) in [6.07, 6.45) is 1.03. The van der Waals surface area contributed by atoms with Crippen LogP contribution in [0.15, 0.2) is 42.5 Å². The Balaban J connectivity index is 1.68. The second-order valence-corrected chi connectivity index (χ2v) is 6.83. The molecule has 3 nitrogen and oxygen atoms in total. The summed E-state index contributed by atoms with van der Waals surface area (Å²) in [5, 5.41) is 6.34. The molecule has 2 aromatic rings. The average Bonchev–Trinajstić information content (AvgIpc) is 2.56. The molecular weight excluding hydrogens is 284 g/mol. The fourth-order valence-corrected chi connectivity index (χ4v) is 3.57. The largest absolute Gasteiger partial charge is 0.343 e. The lowest BCUT2D eigenvalue weighted by Crippen LogP contribution is -2.50. The topological polar surface area (TPSA) is 32.3 Å². The molecule has 3 atom stereocenters. The van der Waals surface area contributed by atoms with Crippen molar-refractivity contribution in [3.63, 3.8) is 0 Å². The van der Waals surface area contributed by atoms with Crippen molar-refractivity contribution in [1.29, 1.82) is 0 Å². The van der Waals surface area contributed by atoms with Crippen LogP contribution in [0.5, 0.6) is 0 Å². The molecule has 1 fully saturated rings. The zero-order valence-electron chi connectivity index (χ0n) is 14.3. The molecule has 0 saturated carbocycles. The van der Waals surface area contributed by atoms with Crippen LogP contribution in [0, 0.1) is 5.92 Å². The number of rotatable bonds is 3. The van der Waals surface area contributed by atoms with Gasteiger partial charge >= 0.3 is 0 Å². The van der Waals surface area contributed by atoms with Gasteiger partial charge in [0.1, 0.15) is 0 Å².